The van der Waals surface area contributed by atoms with Gasteiger partial charge in [-0.15, -0.1) is 0 Å². The van der Waals surface area contributed by atoms with Crippen LogP contribution in [0.15, 0.2) is 108 Å². The van der Waals surface area contributed by atoms with Crippen LogP contribution >= 0.6 is 11.6 Å². The van der Waals surface area contributed by atoms with E-state index in [0.717, 1.165) is 16.7 Å². The van der Waals surface area contributed by atoms with E-state index < -0.39 is 22.0 Å². The van der Waals surface area contributed by atoms with E-state index in [-0.39, 0.29) is 50.0 Å². The Morgan fingerprint density at radius 2 is 1.48 bits per heavy atom. The number of rotatable bonds is 14. The molecule has 2 amide bonds. The number of ether oxygens (including phenoxy) is 3. The second-order valence-corrected chi connectivity index (χ2v) is 13.6. The van der Waals surface area contributed by atoms with Crippen LogP contribution in [0.5, 0.6) is 11.5 Å². The first-order valence-corrected chi connectivity index (χ1v) is 17.3. The fourth-order valence-corrected chi connectivity index (χ4v) is 6.80. The monoisotopic (exact) mass is 691 g/mol. The minimum atomic E-state index is -3.68. The molecule has 1 aliphatic rings. The molecule has 1 atom stereocenters. The van der Waals surface area contributed by atoms with Crippen LogP contribution < -0.4 is 14.8 Å². The second-order valence-electron chi connectivity index (χ2n) is 11.2. The van der Waals surface area contributed by atoms with E-state index in [2.05, 4.69) is 5.32 Å². The molecule has 1 saturated heterocycles. The lowest BCUT2D eigenvalue weighted by Crippen LogP contribution is -2.51. The van der Waals surface area contributed by atoms with Gasteiger partial charge in [0.25, 0.3) is 5.91 Å². The summed E-state index contributed by atoms with van der Waals surface area (Å²) in [7, 11) is -2.09. The number of nitrogens with one attached hydrogen (secondary N) is 1. The molecule has 10 nitrogen and oxygen atoms in total. The zero-order valence-electron chi connectivity index (χ0n) is 26.6. The largest absolute Gasteiger partial charge is 0.497 e. The Balaban J connectivity index is 1.35. The molecule has 48 heavy (non-hydrogen) atoms. The van der Waals surface area contributed by atoms with Crippen molar-refractivity contribution in [2.45, 2.75) is 30.4 Å². The first kappa shape index (κ1) is 34.9. The topological polar surface area (TPSA) is 114 Å². The Morgan fingerprint density at radius 1 is 0.854 bits per heavy atom. The van der Waals surface area contributed by atoms with Crippen molar-refractivity contribution in [1.29, 1.82) is 0 Å². The number of amides is 2. The van der Waals surface area contributed by atoms with Gasteiger partial charge >= 0.3 is 0 Å². The van der Waals surface area contributed by atoms with E-state index in [1.54, 1.807) is 19.2 Å². The maximum absolute atomic E-state index is 14.0. The van der Waals surface area contributed by atoms with Gasteiger partial charge in [-0.1, -0.05) is 66.2 Å². The van der Waals surface area contributed by atoms with Crippen LogP contribution in [0.3, 0.4) is 0 Å². The van der Waals surface area contributed by atoms with Crippen LogP contribution in [0, 0.1) is 0 Å². The van der Waals surface area contributed by atoms with Crippen molar-refractivity contribution in [1.82, 2.24) is 14.5 Å². The van der Waals surface area contributed by atoms with Gasteiger partial charge < -0.3 is 24.4 Å². The number of nitrogens with zero attached hydrogens (tertiary/aromatic N) is 2. The van der Waals surface area contributed by atoms with E-state index in [4.69, 9.17) is 25.8 Å². The molecule has 12 heteroatoms. The predicted octanol–water partition coefficient (Wildman–Crippen LogP) is 4.70. The molecule has 1 fully saturated rings. The first-order valence-electron chi connectivity index (χ1n) is 15.5. The van der Waals surface area contributed by atoms with Gasteiger partial charge in [-0.05, 0) is 65.2 Å². The highest BCUT2D eigenvalue weighted by molar-refractivity contribution is 7.89. The molecule has 0 aliphatic carbocycles. The lowest BCUT2D eigenvalue weighted by atomic mass is 10.0. The zero-order valence-corrected chi connectivity index (χ0v) is 28.2. The average molecular weight is 692 g/mol. The quantitative estimate of drug-likeness (QED) is 0.204. The lowest BCUT2D eigenvalue weighted by molar-refractivity contribution is -0.142. The number of carbonyl (C=O) groups is 2. The number of benzene rings is 4. The molecule has 0 bridgehead atoms. The normalized spacial score (nSPS) is 14.1. The third-order valence-electron chi connectivity index (χ3n) is 7.96. The molecule has 0 aromatic heterocycles. The molecular formula is C36H38ClN3O7S. The fourth-order valence-electron chi connectivity index (χ4n) is 5.26. The van der Waals surface area contributed by atoms with Crippen LogP contribution in [0.25, 0.3) is 0 Å². The van der Waals surface area contributed by atoms with E-state index in [1.807, 2.05) is 66.7 Å². The highest BCUT2D eigenvalue weighted by Crippen LogP contribution is 2.22. The summed E-state index contributed by atoms with van der Waals surface area (Å²) < 4.78 is 43.8. The summed E-state index contributed by atoms with van der Waals surface area (Å²) in [5.41, 5.74) is 2.54. The Morgan fingerprint density at radius 3 is 2.12 bits per heavy atom. The molecule has 1 heterocycles. The summed E-state index contributed by atoms with van der Waals surface area (Å²) in [5.74, 6) is 0.282. The predicted molar refractivity (Wildman–Crippen MR) is 182 cm³/mol. The van der Waals surface area contributed by atoms with E-state index >= 15 is 0 Å². The molecule has 0 unspecified atom stereocenters. The molecule has 0 saturated carbocycles. The molecule has 1 N–H and O–H groups in total. The van der Waals surface area contributed by atoms with Crippen molar-refractivity contribution in [2.75, 3.05) is 40.0 Å². The molecule has 4 aromatic carbocycles. The summed E-state index contributed by atoms with van der Waals surface area (Å²) in [5, 5.41) is 3.56. The maximum atomic E-state index is 14.0. The Kier molecular flexibility index (Phi) is 12.1. The molecule has 4 aromatic rings. The summed E-state index contributed by atoms with van der Waals surface area (Å²) in [6, 6.07) is 29.1. The van der Waals surface area contributed by atoms with Gasteiger partial charge in [0.1, 0.15) is 17.5 Å². The van der Waals surface area contributed by atoms with Gasteiger partial charge in [0, 0.05) is 37.6 Å². The minimum Gasteiger partial charge on any atom is -0.497 e. The Bertz CT molecular complexity index is 1750. The van der Waals surface area contributed by atoms with Crippen LogP contribution in [-0.4, -0.2) is 75.5 Å². The Labute approximate surface area is 286 Å². The number of hydrogen-bond acceptors (Lipinski definition) is 7. The van der Waals surface area contributed by atoms with Crippen LogP contribution in [0.1, 0.15) is 16.7 Å². The van der Waals surface area contributed by atoms with Crippen molar-refractivity contribution >= 4 is 33.4 Å². The number of sulfonamides is 1. The molecule has 0 radical (unpaired) electrons. The molecule has 1 aliphatic heterocycles. The molecule has 0 spiro atoms. The van der Waals surface area contributed by atoms with Gasteiger partial charge in [0.2, 0.25) is 15.9 Å². The molecule has 252 valence electrons. The van der Waals surface area contributed by atoms with Gasteiger partial charge in [-0.3, -0.25) is 9.59 Å². The number of methoxy groups -OCH3 is 1. The third-order valence-corrected chi connectivity index (χ3v) is 10.1. The smallest absolute Gasteiger partial charge is 0.261 e. The van der Waals surface area contributed by atoms with Crippen molar-refractivity contribution in [3.8, 4) is 11.5 Å². The second kappa shape index (κ2) is 16.6. The van der Waals surface area contributed by atoms with Crippen molar-refractivity contribution in [3.63, 3.8) is 0 Å². The number of hydrogen-bond donors (Lipinski definition) is 1. The van der Waals surface area contributed by atoms with Gasteiger partial charge in [0.05, 0.1) is 25.2 Å². The first-order chi connectivity index (χ1) is 23.2. The standard InChI is InChI=1S/C36H38ClN3O7S/c1-45-31-13-9-28(10-14-31)24-38-36(42)34(23-27-5-3-2-4-6-27)40(25-29-7-11-30(37)12-8-29)35(41)26-47-32-15-17-33(18-16-32)48(43,44)39-19-21-46-22-20-39/h2-18,34H,19-26H2,1H3,(H,38,42)/t34-/m0/s1. The van der Waals surface area contributed by atoms with Gasteiger partial charge in [-0.2, -0.15) is 4.31 Å². The molecule has 5 rings (SSSR count). The van der Waals surface area contributed by atoms with Crippen molar-refractivity contribution < 1.29 is 32.2 Å². The van der Waals surface area contributed by atoms with Crippen LogP contribution in [0.4, 0.5) is 0 Å². The minimum absolute atomic E-state index is 0.129. The maximum Gasteiger partial charge on any atom is 0.261 e. The van der Waals surface area contributed by atoms with Crippen molar-refractivity contribution in [3.05, 3.63) is 125 Å². The summed E-state index contributed by atoms with van der Waals surface area (Å²) in [6.07, 6.45) is 0.267. The van der Waals surface area contributed by atoms with Crippen LogP contribution in [0.2, 0.25) is 5.02 Å². The fraction of sp³-hybridized carbons (Fsp3) is 0.278. The highest BCUT2D eigenvalue weighted by Gasteiger charge is 2.31. The van der Waals surface area contributed by atoms with Crippen LogP contribution in [-0.2, 0) is 43.9 Å². The third kappa shape index (κ3) is 9.35. The highest BCUT2D eigenvalue weighted by atomic mass is 35.5. The Hall–Kier alpha value is -4.42. The number of morpholine rings is 1. The number of halogens is 1. The zero-order chi connectivity index (χ0) is 33.9. The van der Waals surface area contributed by atoms with E-state index in [1.165, 1.54) is 33.5 Å². The average Bonchev–Trinajstić information content (AvgIpc) is 3.13. The van der Waals surface area contributed by atoms with E-state index in [9.17, 15) is 18.0 Å². The van der Waals surface area contributed by atoms with Crippen molar-refractivity contribution in [2.24, 2.45) is 0 Å². The van der Waals surface area contributed by atoms with E-state index in [0.29, 0.717) is 29.7 Å². The van der Waals surface area contributed by atoms with Gasteiger partial charge in [0.15, 0.2) is 6.61 Å². The summed E-state index contributed by atoms with van der Waals surface area (Å²) >= 11 is 6.13. The van der Waals surface area contributed by atoms with Gasteiger partial charge in [-0.25, -0.2) is 8.42 Å². The lowest BCUT2D eigenvalue weighted by Gasteiger charge is -2.31. The summed E-state index contributed by atoms with van der Waals surface area (Å²) in [6.45, 7) is 1.28. The SMILES string of the molecule is COc1ccc(CNC(=O)[C@H](Cc2ccccc2)N(Cc2ccc(Cl)cc2)C(=O)COc2ccc(S(=O)(=O)N3CCOCC3)cc2)cc1. The molecular weight excluding hydrogens is 654 g/mol. The number of carbonyl (C=O) groups excluding carboxylic acids is 2. The summed E-state index contributed by atoms with van der Waals surface area (Å²) in [4.78, 5) is 29.5.